The summed E-state index contributed by atoms with van der Waals surface area (Å²) in [7, 11) is 0. The zero-order valence-electron chi connectivity index (χ0n) is 10.2. The summed E-state index contributed by atoms with van der Waals surface area (Å²) in [5.74, 6) is 0.396. The third-order valence-corrected chi connectivity index (χ3v) is 4.55. The third kappa shape index (κ3) is 2.00. The van der Waals surface area contributed by atoms with Crippen LogP contribution in [0.25, 0.3) is 0 Å². The molecule has 92 valence electrons. The molecular formula is C15H21NO. The first-order valence-electron chi connectivity index (χ1n) is 6.80. The molecule has 2 fully saturated rings. The molecule has 17 heavy (non-hydrogen) atoms. The summed E-state index contributed by atoms with van der Waals surface area (Å²) >= 11 is 0. The first kappa shape index (κ1) is 11.2. The second kappa shape index (κ2) is 4.43. The molecule has 1 saturated carbocycles. The van der Waals surface area contributed by atoms with E-state index in [0.717, 1.165) is 25.8 Å². The molecule has 1 aromatic carbocycles. The van der Waals surface area contributed by atoms with Crippen molar-refractivity contribution in [2.45, 2.75) is 43.7 Å². The summed E-state index contributed by atoms with van der Waals surface area (Å²) in [6, 6.07) is 10.9. The second-order valence-electron chi connectivity index (χ2n) is 5.55. The van der Waals surface area contributed by atoms with Crippen molar-refractivity contribution in [1.82, 2.24) is 5.32 Å². The fourth-order valence-electron chi connectivity index (χ4n) is 3.63. The first-order valence-corrected chi connectivity index (χ1v) is 6.80. The average molecular weight is 231 g/mol. The van der Waals surface area contributed by atoms with E-state index in [2.05, 4.69) is 35.6 Å². The Kier molecular flexibility index (Phi) is 2.93. The van der Waals surface area contributed by atoms with Gasteiger partial charge in [-0.2, -0.15) is 0 Å². The zero-order valence-corrected chi connectivity index (χ0v) is 10.2. The van der Waals surface area contributed by atoms with Gasteiger partial charge in [0.1, 0.15) is 0 Å². The van der Waals surface area contributed by atoms with Crippen molar-refractivity contribution in [1.29, 1.82) is 0 Å². The molecule has 3 atom stereocenters. The molecular weight excluding hydrogens is 210 g/mol. The van der Waals surface area contributed by atoms with Crippen LogP contribution in [0.15, 0.2) is 30.3 Å². The van der Waals surface area contributed by atoms with Crippen molar-refractivity contribution in [2.75, 3.05) is 6.54 Å². The van der Waals surface area contributed by atoms with Crippen molar-refractivity contribution in [2.24, 2.45) is 5.92 Å². The maximum atomic E-state index is 10.8. The number of rotatable bonds is 1. The summed E-state index contributed by atoms with van der Waals surface area (Å²) in [5.41, 5.74) is 0.918. The Bertz CT molecular complexity index is 374. The minimum Gasteiger partial charge on any atom is -0.389 e. The Labute approximate surface area is 103 Å². The lowest BCUT2D eigenvalue weighted by atomic mass is 9.67. The second-order valence-corrected chi connectivity index (χ2v) is 5.55. The molecule has 1 heterocycles. The first-order chi connectivity index (χ1) is 8.30. The molecule has 3 rings (SSSR count). The summed E-state index contributed by atoms with van der Waals surface area (Å²) in [6.07, 6.45) is 5.51. The number of benzene rings is 1. The Morgan fingerprint density at radius 1 is 1.12 bits per heavy atom. The SMILES string of the molecule is O[C@@]12CCCC[C@@H]1[C@@H](c1ccccc1)NCC2. The van der Waals surface area contributed by atoms with Gasteiger partial charge in [0.15, 0.2) is 0 Å². The lowest BCUT2D eigenvalue weighted by molar-refractivity contribution is -0.0861. The third-order valence-electron chi connectivity index (χ3n) is 4.55. The highest BCUT2D eigenvalue weighted by Crippen LogP contribution is 2.45. The van der Waals surface area contributed by atoms with E-state index >= 15 is 0 Å². The molecule has 1 aliphatic heterocycles. The molecule has 1 aromatic rings. The molecule has 2 nitrogen and oxygen atoms in total. The molecule has 2 N–H and O–H groups in total. The zero-order chi connectivity index (χ0) is 11.7. The van der Waals surface area contributed by atoms with Crippen molar-refractivity contribution in [3.05, 3.63) is 35.9 Å². The van der Waals surface area contributed by atoms with Crippen molar-refractivity contribution in [3.63, 3.8) is 0 Å². The fourth-order valence-corrected chi connectivity index (χ4v) is 3.63. The summed E-state index contributed by atoms with van der Waals surface area (Å²) in [5, 5.41) is 14.4. The number of hydrogen-bond donors (Lipinski definition) is 2. The summed E-state index contributed by atoms with van der Waals surface area (Å²) < 4.78 is 0. The molecule has 0 radical (unpaired) electrons. The van der Waals surface area contributed by atoms with Crippen LogP contribution in [-0.2, 0) is 0 Å². The fraction of sp³-hybridized carbons (Fsp3) is 0.600. The Morgan fingerprint density at radius 2 is 1.94 bits per heavy atom. The number of nitrogens with one attached hydrogen (secondary N) is 1. The van der Waals surface area contributed by atoms with Gasteiger partial charge in [0.25, 0.3) is 0 Å². The molecule has 0 amide bonds. The van der Waals surface area contributed by atoms with E-state index in [9.17, 15) is 5.11 Å². The van der Waals surface area contributed by atoms with Gasteiger partial charge in [-0.15, -0.1) is 0 Å². The Balaban J connectivity index is 1.89. The van der Waals surface area contributed by atoms with Crippen LogP contribution in [0.2, 0.25) is 0 Å². The molecule has 0 bridgehead atoms. The molecule has 0 aromatic heterocycles. The number of fused-ring (bicyclic) bond motifs is 1. The van der Waals surface area contributed by atoms with Crippen molar-refractivity contribution >= 4 is 0 Å². The minimum atomic E-state index is -0.413. The van der Waals surface area contributed by atoms with E-state index < -0.39 is 5.60 Å². The van der Waals surface area contributed by atoms with Gasteiger partial charge in [-0.3, -0.25) is 0 Å². The highest BCUT2D eigenvalue weighted by atomic mass is 16.3. The topological polar surface area (TPSA) is 32.3 Å². The predicted octanol–water partition coefficient (Wildman–Crippen LogP) is 2.64. The smallest absolute Gasteiger partial charge is 0.0706 e. The van der Waals surface area contributed by atoms with Crippen LogP contribution in [0.3, 0.4) is 0 Å². The van der Waals surface area contributed by atoms with Crippen LogP contribution in [-0.4, -0.2) is 17.3 Å². The van der Waals surface area contributed by atoms with Gasteiger partial charge in [-0.05, 0) is 31.4 Å². The predicted molar refractivity (Wildman–Crippen MR) is 68.7 cm³/mol. The molecule has 1 aliphatic carbocycles. The number of aliphatic hydroxyl groups is 1. The highest BCUT2D eigenvalue weighted by Gasteiger charge is 2.45. The monoisotopic (exact) mass is 231 g/mol. The normalized spacial score (nSPS) is 37.5. The van der Waals surface area contributed by atoms with Crippen LogP contribution in [0.1, 0.15) is 43.7 Å². The molecule has 2 aliphatic rings. The van der Waals surface area contributed by atoms with Crippen LogP contribution >= 0.6 is 0 Å². The standard InChI is InChI=1S/C15H21NO/c17-15-9-5-4-8-13(15)14(16-11-10-15)12-6-2-1-3-7-12/h1-3,6-7,13-14,16-17H,4-5,8-11H2/t13-,14-,15-/m1/s1. The quantitative estimate of drug-likeness (QED) is 0.778. The highest BCUT2D eigenvalue weighted by molar-refractivity contribution is 5.22. The van der Waals surface area contributed by atoms with E-state index in [1.54, 1.807) is 0 Å². The Hall–Kier alpha value is -0.860. The molecule has 0 spiro atoms. The van der Waals surface area contributed by atoms with E-state index in [4.69, 9.17) is 0 Å². The number of piperidine rings is 1. The Morgan fingerprint density at radius 3 is 2.76 bits per heavy atom. The van der Waals surface area contributed by atoms with Crippen LogP contribution < -0.4 is 5.32 Å². The van der Waals surface area contributed by atoms with E-state index in [1.165, 1.54) is 18.4 Å². The van der Waals surface area contributed by atoms with Gasteiger partial charge < -0.3 is 10.4 Å². The maximum Gasteiger partial charge on any atom is 0.0706 e. The lowest BCUT2D eigenvalue weighted by Gasteiger charge is -2.48. The van der Waals surface area contributed by atoms with Gasteiger partial charge in [0.2, 0.25) is 0 Å². The average Bonchev–Trinajstić information content (AvgIpc) is 2.38. The van der Waals surface area contributed by atoms with Crippen LogP contribution in [0.5, 0.6) is 0 Å². The lowest BCUT2D eigenvalue weighted by Crippen LogP contribution is -2.53. The molecule has 2 heteroatoms. The van der Waals surface area contributed by atoms with Gasteiger partial charge in [-0.1, -0.05) is 43.2 Å². The summed E-state index contributed by atoms with van der Waals surface area (Å²) in [4.78, 5) is 0. The summed E-state index contributed by atoms with van der Waals surface area (Å²) in [6.45, 7) is 0.937. The molecule has 1 saturated heterocycles. The van der Waals surface area contributed by atoms with E-state index in [0.29, 0.717) is 12.0 Å². The van der Waals surface area contributed by atoms with Crippen molar-refractivity contribution < 1.29 is 5.11 Å². The number of hydrogen-bond acceptors (Lipinski definition) is 2. The maximum absolute atomic E-state index is 10.8. The van der Waals surface area contributed by atoms with Crippen LogP contribution in [0, 0.1) is 5.92 Å². The van der Waals surface area contributed by atoms with Gasteiger partial charge >= 0.3 is 0 Å². The molecule has 0 unspecified atom stereocenters. The van der Waals surface area contributed by atoms with Crippen molar-refractivity contribution in [3.8, 4) is 0 Å². The minimum absolute atomic E-state index is 0.343. The largest absolute Gasteiger partial charge is 0.389 e. The van der Waals surface area contributed by atoms with Gasteiger partial charge in [0, 0.05) is 12.0 Å². The van der Waals surface area contributed by atoms with Gasteiger partial charge in [0.05, 0.1) is 5.60 Å². The van der Waals surface area contributed by atoms with E-state index in [1.807, 2.05) is 0 Å². The van der Waals surface area contributed by atoms with Gasteiger partial charge in [-0.25, -0.2) is 0 Å². The van der Waals surface area contributed by atoms with E-state index in [-0.39, 0.29) is 0 Å². The van der Waals surface area contributed by atoms with Crippen LogP contribution in [0.4, 0.5) is 0 Å².